The summed E-state index contributed by atoms with van der Waals surface area (Å²) in [6, 6.07) is 7.04. The number of amides is 7. The van der Waals surface area contributed by atoms with E-state index in [4.69, 9.17) is 23.7 Å². The molecule has 1 aliphatic carbocycles. The minimum atomic E-state index is -0.905. The van der Waals surface area contributed by atoms with Crippen LogP contribution >= 0.6 is 0 Å². The molecule has 2 aromatic rings. The summed E-state index contributed by atoms with van der Waals surface area (Å²) in [5.74, 6) is -2.21. The second-order valence-corrected chi connectivity index (χ2v) is 21.9. The van der Waals surface area contributed by atoms with Crippen molar-refractivity contribution in [3.05, 3.63) is 47.8 Å². The predicted octanol–water partition coefficient (Wildman–Crippen LogP) is 2.90. The van der Waals surface area contributed by atoms with Gasteiger partial charge in [-0.15, -0.1) is 0 Å². The maximum atomic E-state index is 14.5. The van der Waals surface area contributed by atoms with E-state index in [0.29, 0.717) is 70.9 Å². The molecule has 21 heteroatoms. The van der Waals surface area contributed by atoms with Gasteiger partial charge in [0.15, 0.2) is 0 Å². The van der Waals surface area contributed by atoms with E-state index < -0.39 is 42.3 Å². The first-order valence-corrected chi connectivity index (χ1v) is 28.0. The van der Waals surface area contributed by atoms with Crippen LogP contribution in [0.2, 0.25) is 0 Å². The van der Waals surface area contributed by atoms with E-state index in [0.717, 1.165) is 36.9 Å². The highest BCUT2D eigenvalue weighted by molar-refractivity contribution is 6.01. The van der Waals surface area contributed by atoms with Gasteiger partial charge in [-0.05, 0) is 62.5 Å². The number of likely N-dealkylation sites (tertiary alicyclic amines) is 3. The molecule has 6 rings (SSSR count). The van der Waals surface area contributed by atoms with E-state index in [1.54, 1.807) is 30.9 Å². The van der Waals surface area contributed by atoms with Crippen LogP contribution < -0.4 is 16.0 Å². The van der Waals surface area contributed by atoms with Crippen LogP contribution in [0.25, 0.3) is 0 Å². The summed E-state index contributed by atoms with van der Waals surface area (Å²) in [6.45, 7) is 13.4. The number of carbonyl (C=O) groups excluding carboxylic acids is 7. The van der Waals surface area contributed by atoms with Crippen molar-refractivity contribution in [3.63, 3.8) is 0 Å². The molecule has 1 unspecified atom stereocenters. The Bertz CT molecular complexity index is 2210. The van der Waals surface area contributed by atoms with Gasteiger partial charge < -0.3 is 49.4 Å². The van der Waals surface area contributed by atoms with Gasteiger partial charge in [-0.3, -0.25) is 53.1 Å². The van der Waals surface area contributed by atoms with Crippen molar-refractivity contribution in [2.24, 2.45) is 23.7 Å². The van der Waals surface area contributed by atoms with Gasteiger partial charge in [0.05, 0.1) is 101 Å². The normalized spacial score (nSPS) is 22.3. The number of likely N-dealkylation sites (N-methyl/N-ethyl adjacent to an activating group) is 2. The summed E-state index contributed by atoms with van der Waals surface area (Å²) >= 11 is 0. The second kappa shape index (κ2) is 29.7. The number of methoxy groups -OCH3 is 2. The van der Waals surface area contributed by atoms with Gasteiger partial charge in [-0.1, -0.05) is 71.4 Å². The zero-order chi connectivity index (χ0) is 55.8. The number of rotatable bonds is 33. The molecule has 77 heavy (non-hydrogen) atoms. The van der Waals surface area contributed by atoms with Crippen LogP contribution in [0.1, 0.15) is 104 Å². The highest BCUT2D eigenvalue weighted by atomic mass is 16.5. The van der Waals surface area contributed by atoms with E-state index >= 15 is 0 Å². The minimum absolute atomic E-state index is 0.00779. The number of carbonyl (C=O) groups is 7. The van der Waals surface area contributed by atoms with Crippen molar-refractivity contribution in [2.75, 3.05) is 81.0 Å². The van der Waals surface area contributed by atoms with Gasteiger partial charge >= 0.3 is 0 Å². The van der Waals surface area contributed by atoms with E-state index in [1.807, 2.05) is 76.0 Å². The van der Waals surface area contributed by atoms with Crippen LogP contribution in [0, 0.1) is 23.7 Å². The molecule has 7 amide bonds. The molecule has 1 aromatic carbocycles. The van der Waals surface area contributed by atoms with Crippen LogP contribution in [-0.2, 0) is 76.8 Å². The van der Waals surface area contributed by atoms with E-state index in [2.05, 4.69) is 25.9 Å². The zero-order valence-electron chi connectivity index (χ0n) is 47.2. The molecule has 3 aliphatic heterocycles. The van der Waals surface area contributed by atoms with E-state index in [-0.39, 0.29) is 105 Å². The fourth-order valence-corrected chi connectivity index (χ4v) is 11.9. The lowest BCUT2D eigenvalue weighted by atomic mass is 9.89. The molecule has 0 radical (unpaired) electrons. The Labute approximate surface area is 455 Å². The Morgan fingerprint density at radius 3 is 2.12 bits per heavy atom. The van der Waals surface area contributed by atoms with Crippen LogP contribution in [-0.4, -0.2) is 200 Å². The Hall–Kier alpha value is -5.19. The van der Waals surface area contributed by atoms with Crippen molar-refractivity contribution < 1.29 is 57.2 Å². The standard InChI is InChI=1S/C56H89N9O12/c1-10-37(4)50(62(7)56(72)49(36(2)3)59-55(71)51-40-18-19-42(32-40)61(51)6)45(73-8)33-48(68)64-23-14-17-44(64)52(74-9)38(5)53(69)58-43(31-39-15-12-11-13-16-39)54(70)57-22-25-75-27-29-77-30-28-76-26-24-63-34-41(60-63)35-65-46(66)20-21-47(65)67/h11-13,15-16,34,36-38,40,42-45,49-52,60H,10,14,17-33,35H2,1-9H3,(H,57,70)(H,58,69)(H,59,71)/t37-,38+,40-,42+,43-,44-,45+,49-,50-,51?,52+/m0/s1. The van der Waals surface area contributed by atoms with Crippen LogP contribution in [0.15, 0.2) is 36.5 Å². The number of nitrogens with one attached hydrogen (secondary N) is 4. The van der Waals surface area contributed by atoms with Crippen LogP contribution in [0.5, 0.6) is 0 Å². The summed E-state index contributed by atoms with van der Waals surface area (Å²) < 4.78 is 31.0. The van der Waals surface area contributed by atoms with Gasteiger partial charge in [-0.2, -0.15) is 0 Å². The lowest BCUT2D eigenvalue weighted by Gasteiger charge is -2.41. The SMILES string of the molecule is CC[C@H](C)[C@@H]([C@@H](CC(=O)N1CCC[C@H]1[C@H](OC)[C@@H](C)C(=O)N[C@@H](Cc1ccccc1)C(=O)NCCOCCOCCOCCn1cc(CN2C(=O)CCC2=O)[nH]1)OC)N(C)C(=O)[C@@H](NC(=O)C1[C@H]2CC[C@H](C2)N1C)C(C)C. The van der Waals surface area contributed by atoms with Gasteiger partial charge in [0.25, 0.3) is 0 Å². The summed E-state index contributed by atoms with van der Waals surface area (Å²) in [4.78, 5) is 101. The molecule has 3 saturated heterocycles. The summed E-state index contributed by atoms with van der Waals surface area (Å²) in [6.07, 6.45) is 6.46. The predicted molar refractivity (Wildman–Crippen MR) is 287 cm³/mol. The number of fused-ring (bicyclic) bond motifs is 2. The molecule has 0 spiro atoms. The molecule has 430 valence electrons. The number of piperidine rings is 1. The summed E-state index contributed by atoms with van der Waals surface area (Å²) in [5, 5.41) is 12.2. The maximum absolute atomic E-state index is 14.5. The quantitative estimate of drug-likeness (QED) is 0.0596. The Kier molecular flexibility index (Phi) is 23.5. The Morgan fingerprint density at radius 1 is 0.844 bits per heavy atom. The number of hydrogen-bond acceptors (Lipinski definition) is 13. The minimum Gasteiger partial charge on any atom is -0.379 e. The molecular formula is C56H89N9O12. The van der Waals surface area contributed by atoms with E-state index in [9.17, 15) is 33.6 Å². The summed E-state index contributed by atoms with van der Waals surface area (Å²) in [7, 11) is 6.85. The maximum Gasteiger partial charge on any atom is 0.245 e. The molecule has 2 bridgehead atoms. The van der Waals surface area contributed by atoms with Crippen molar-refractivity contribution >= 4 is 41.4 Å². The molecule has 4 aliphatic rings. The van der Waals surface area contributed by atoms with Crippen LogP contribution in [0.4, 0.5) is 0 Å². The molecular weight excluding hydrogens is 991 g/mol. The molecule has 4 heterocycles. The fourth-order valence-electron chi connectivity index (χ4n) is 11.9. The third-order valence-electron chi connectivity index (χ3n) is 16.4. The summed E-state index contributed by atoms with van der Waals surface area (Å²) in [5.41, 5.74) is 1.67. The average Bonchev–Trinajstić information content (AvgIpc) is 4.24. The fraction of sp³-hybridized carbons (Fsp3) is 0.732. The van der Waals surface area contributed by atoms with Gasteiger partial charge in [0, 0.05) is 65.9 Å². The third-order valence-corrected chi connectivity index (χ3v) is 16.4. The highest BCUT2D eigenvalue weighted by Crippen LogP contribution is 2.41. The first-order valence-electron chi connectivity index (χ1n) is 28.0. The van der Waals surface area contributed by atoms with Gasteiger partial charge in [0.2, 0.25) is 41.4 Å². The molecule has 21 nitrogen and oxygen atoms in total. The largest absolute Gasteiger partial charge is 0.379 e. The van der Waals surface area contributed by atoms with Crippen molar-refractivity contribution in [2.45, 2.75) is 160 Å². The number of aromatic nitrogens is 2. The number of ether oxygens (including phenoxy) is 5. The Balaban J connectivity index is 0.953. The van der Waals surface area contributed by atoms with E-state index in [1.165, 1.54) is 12.0 Å². The molecule has 4 fully saturated rings. The Morgan fingerprint density at radius 2 is 1.51 bits per heavy atom. The zero-order valence-corrected chi connectivity index (χ0v) is 47.2. The lowest BCUT2D eigenvalue weighted by molar-refractivity contribution is -0.148. The number of aromatic amines is 1. The monoisotopic (exact) mass is 1080 g/mol. The second-order valence-electron chi connectivity index (χ2n) is 21.9. The smallest absolute Gasteiger partial charge is 0.245 e. The topological polar surface area (TPSA) is 235 Å². The molecule has 1 aromatic heterocycles. The number of H-pyrrole nitrogens is 1. The number of nitrogens with zero attached hydrogens (tertiary/aromatic N) is 5. The molecule has 11 atom stereocenters. The van der Waals surface area contributed by atoms with Crippen molar-refractivity contribution in [1.82, 2.24) is 45.3 Å². The average molecular weight is 1080 g/mol. The number of hydrogen-bond donors (Lipinski definition) is 4. The molecule has 1 saturated carbocycles. The first kappa shape index (κ1) is 61.0. The van der Waals surface area contributed by atoms with Crippen molar-refractivity contribution in [1.29, 1.82) is 0 Å². The van der Waals surface area contributed by atoms with Gasteiger partial charge in [-0.25, -0.2) is 0 Å². The number of benzene rings is 1. The highest BCUT2D eigenvalue weighted by Gasteiger charge is 2.49. The first-order chi connectivity index (χ1) is 37.0. The van der Waals surface area contributed by atoms with Crippen LogP contribution in [0.3, 0.4) is 0 Å². The lowest BCUT2D eigenvalue weighted by Crippen LogP contribution is -2.60. The molecule has 4 N–H and O–H groups in total. The van der Waals surface area contributed by atoms with Crippen molar-refractivity contribution in [3.8, 4) is 0 Å². The number of imide groups is 1. The van der Waals surface area contributed by atoms with Gasteiger partial charge in [0.1, 0.15) is 12.1 Å². The third kappa shape index (κ3) is 16.2.